The van der Waals surface area contributed by atoms with E-state index in [1.807, 2.05) is 0 Å². The van der Waals surface area contributed by atoms with Gasteiger partial charge in [-0.25, -0.2) is 0 Å². The summed E-state index contributed by atoms with van der Waals surface area (Å²) in [6.07, 6.45) is -0.616. The molecule has 4 N–H and O–H groups in total. The molecule has 9 heteroatoms. The van der Waals surface area contributed by atoms with Crippen LogP contribution in [0.4, 0.5) is 5.69 Å². The van der Waals surface area contributed by atoms with Crippen LogP contribution in [0.15, 0.2) is 24.3 Å². The Morgan fingerprint density at radius 1 is 1.36 bits per heavy atom. The van der Waals surface area contributed by atoms with Gasteiger partial charge in [-0.3, -0.25) is 24.5 Å². The van der Waals surface area contributed by atoms with Crippen LogP contribution in [0.5, 0.6) is 0 Å². The van der Waals surface area contributed by atoms with Crippen molar-refractivity contribution in [1.82, 2.24) is 5.32 Å². The molecule has 0 aromatic heterocycles. The lowest BCUT2D eigenvalue weighted by atomic mass is 10.1. The first kappa shape index (κ1) is 17.1. The van der Waals surface area contributed by atoms with Gasteiger partial charge in [-0.05, 0) is 12.0 Å². The van der Waals surface area contributed by atoms with Crippen LogP contribution in [0.3, 0.4) is 0 Å². The molecule has 1 rings (SSSR count). The second kappa shape index (κ2) is 7.72. The highest BCUT2D eigenvalue weighted by molar-refractivity contribution is 5.87. The number of rotatable bonds is 8. The van der Waals surface area contributed by atoms with Crippen LogP contribution in [0, 0.1) is 10.1 Å². The minimum Gasteiger partial charge on any atom is -0.481 e. The molecule has 0 unspecified atom stereocenters. The van der Waals surface area contributed by atoms with Gasteiger partial charge in [-0.1, -0.05) is 12.1 Å². The maximum Gasteiger partial charge on any atom is 0.303 e. The normalized spacial score (nSPS) is 11.5. The van der Waals surface area contributed by atoms with Gasteiger partial charge in [0.1, 0.15) is 6.04 Å². The average molecular weight is 309 g/mol. The van der Waals surface area contributed by atoms with E-state index in [1.54, 1.807) is 0 Å². The Bertz CT molecular complexity index is 601. The number of aliphatic carboxylic acids is 1. The fraction of sp³-hybridized carbons (Fsp3) is 0.308. The highest BCUT2D eigenvalue weighted by Crippen LogP contribution is 2.13. The molecule has 2 amide bonds. The Balaban J connectivity index is 2.67. The number of non-ortho nitro benzene ring substituents is 1. The van der Waals surface area contributed by atoms with E-state index in [4.69, 9.17) is 10.8 Å². The third kappa shape index (κ3) is 5.57. The van der Waals surface area contributed by atoms with Crippen molar-refractivity contribution in [3.05, 3.63) is 39.9 Å². The van der Waals surface area contributed by atoms with Crippen LogP contribution >= 0.6 is 0 Å². The van der Waals surface area contributed by atoms with E-state index >= 15 is 0 Å². The van der Waals surface area contributed by atoms with Crippen molar-refractivity contribution in [2.45, 2.75) is 25.3 Å². The minimum absolute atomic E-state index is 0.120. The summed E-state index contributed by atoms with van der Waals surface area (Å²) in [5.74, 6) is -2.53. The van der Waals surface area contributed by atoms with Crippen LogP contribution in [-0.2, 0) is 20.8 Å². The lowest BCUT2D eigenvalue weighted by Gasteiger charge is -2.14. The first-order valence-corrected chi connectivity index (χ1v) is 6.33. The van der Waals surface area contributed by atoms with E-state index in [0.29, 0.717) is 5.56 Å². The molecular formula is C13H15N3O6. The van der Waals surface area contributed by atoms with Gasteiger partial charge in [0.2, 0.25) is 11.8 Å². The number of nitro benzene ring substituents is 1. The number of nitrogens with zero attached hydrogens (tertiary/aromatic N) is 1. The monoisotopic (exact) mass is 309 g/mol. The highest BCUT2D eigenvalue weighted by atomic mass is 16.6. The second-order valence-corrected chi connectivity index (χ2v) is 4.56. The maximum absolute atomic E-state index is 11.8. The number of amides is 2. The number of carbonyl (C=O) groups excluding carboxylic acids is 2. The van der Waals surface area contributed by atoms with Gasteiger partial charge in [-0.2, -0.15) is 0 Å². The molecule has 0 fully saturated rings. The van der Waals surface area contributed by atoms with Gasteiger partial charge in [0.05, 0.1) is 11.3 Å². The van der Waals surface area contributed by atoms with Gasteiger partial charge in [0.15, 0.2) is 0 Å². The van der Waals surface area contributed by atoms with Gasteiger partial charge in [-0.15, -0.1) is 0 Å². The predicted molar refractivity (Wildman–Crippen MR) is 74.8 cm³/mol. The molecular weight excluding hydrogens is 294 g/mol. The van der Waals surface area contributed by atoms with Gasteiger partial charge in [0, 0.05) is 18.6 Å². The topological polar surface area (TPSA) is 153 Å². The summed E-state index contributed by atoms with van der Waals surface area (Å²) in [5.41, 5.74) is 5.34. The van der Waals surface area contributed by atoms with Crippen LogP contribution in [0.2, 0.25) is 0 Å². The van der Waals surface area contributed by atoms with Gasteiger partial charge in [0.25, 0.3) is 5.69 Å². The molecule has 118 valence electrons. The summed E-state index contributed by atoms with van der Waals surface area (Å²) in [6.45, 7) is 0. The number of carboxylic acids is 1. The summed E-state index contributed by atoms with van der Waals surface area (Å²) < 4.78 is 0. The average Bonchev–Trinajstić information content (AvgIpc) is 2.43. The third-order valence-electron chi connectivity index (χ3n) is 2.81. The van der Waals surface area contributed by atoms with Crippen LogP contribution in [0.25, 0.3) is 0 Å². The van der Waals surface area contributed by atoms with Crippen LogP contribution < -0.4 is 11.1 Å². The van der Waals surface area contributed by atoms with Gasteiger partial charge < -0.3 is 16.2 Å². The first-order chi connectivity index (χ1) is 10.3. The van der Waals surface area contributed by atoms with Crippen molar-refractivity contribution in [2.75, 3.05) is 0 Å². The lowest BCUT2D eigenvalue weighted by Crippen LogP contribution is -2.45. The number of carboxylic acid groups (broad SMARTS) is 1. The lowest BCUT2D eigenvalue weighted by molar-refractivity contribution is -0.384. The molecule has 0 radical (unpaired) electrons. The molecule has 0 aliphatic carbocycles. The maximum atomic E-state index is 11.8. The number of primary amides is 1. The number of nitro groups is 1. The van der Waals surface area contributed by atoms with Crippen molar-refractivity contribution in [1.29, 1.82) is 0 Å². The Morgan fingerprint density at radius 2 is 2.05 bits per heavy atom. The summed E-state index contributed by atoms with van der Waals surface area (Å²) in [5, 5.41) is 21.5. The molecule has 1 aromatic carbocycles. The highest BCUT2D eigenvalue weighted by Gasteiger charge is 2.19. The van der Waals surface area contributed by atoms with E-state index < -0.39 is 28.7 Å². The molecule has 1 aromatic rings. The molecule has 0 heterocycles. The number of carbonyl (C=O) groups is 3. The molecule has 0 aliphatic heterocycles. The van der Waals surface area contributed by atoms with Crippen molar-refractivity contribution in [2.24, 2.45) is 5.73 Å². The molecule has 0 bridgehead atoms. The molecule has 1 atom stereocenters. The van der Waals surface area contributed by atoms with E-state index in [9.17, 15) is 24.5 Å². The zero-order valence-electron chi connectivity index (χ0n) is 11.5. The fourth-order valence-corrected chi connectivity index (χ4v) is 1.76. The van der Waals surface area contributed by atoms with E-state index in [1.165, 1.54) is 24.3 Å². The van der Waals surface area contributed by atoms with E-state index in [0.717, 1.165) is 0 Å². The quantitative estimate of drug-likeness (QED) is 0.453. The largest absolute Gasteiger partial charge is 0.481 e. The molecule has 9 nitrogen and oxygen atoms in total. The third-order valence-corrected chi connectivity index (χ3v) is 2.81. The zero-order chi connectivity index (χ0) is 16.7. The zero-order valence-corrected chi connectivity index (χ0v) is 11.5. The number of nitrogens with two attached hydrogens (primary N) is 1. The van der Waals surface area contributed by atoms with Crippen molar-refractivity contribution in [3.63, 3.8) is 0 Å². The number of hydrogen-bond donors (Lipinski definition) is 3. The molecule has 0 saturated carbocycles. The van der Waals surface area contributed by atoms with Crippen molar-refractivity contribution < 1.29 is 24.4 Å². The van der Waals surface area contributed by atoms with Crippen molar-refractivity contribution >= 4 is 23.5 Å². The number of hydrogen-bond acceptors (Lipinski definition) is 5. The summed E-state index contributed by atoms with van der Waals surface area (Å²) >= 11 is 0. The molecule has 22 heavy (non-hydrogen) atoms. The summed E-state index contributed by atoms with van der Waals surface area (Å²) in [6, 6.07) is 4.42. The number of nitrogens with one attached hydrogen (secondary N) is 1. The molecule has 0 saturated heterocycles. The van der Waals surface area contributed by atoms with Crippen molar-refractivity contribution in [3.8, 4) is 0 Å². The SMILES string of the molecule is NC(=O)[C@H](CCC(=O)O)NC(=O)Cc1cccc([N+](=O)[O-])c1. The van der Waals surface area contributed by atoms with E-state index in [2.05, 4.69) is 5.32 Å². The minimum atomic E-state index is -1.11. The Labute approximate surface area is 125 Å². The van der Waals surface area contributed by atoms with Crippen LogP contribution in [-0.4, -0.2) is 33.9 Å². The second-order valence-electron chi connectivity index (χ2n) is 4.56. The predicted octanol–water partition coefficient (Wildman–Crippen LogP) is -0.0278. The summed E-state index contributed by atoms with van der Waals surface area (Å²) in [7, 11) is 0. The van der Waals surface area contributed by atoms with E-state index in [-0.39, 0.29) is 24.9 Å². The molecule has 0 aliphatic rings. The van der Waals surface area contributed by atoms with Gasteiger partial charge >= 0.3 is 5.97 Å². The fourth-order valence-electron chi connectivity index (χ4n) is 1.76. The Kier molecular flexibility index (Phi) is 5.99. The summed E-state index contributed by atoms with van der Waals surface area (Å²) in [4.78, 5) is 43.5. The number of benzene rings is 1. The smallest absolute Gasteiger partial charge is 0.303 e. The van der Waals surface area contributed by atoms with Crippen LogP contribution in [0.1, 0.15) is 18.4 Å². The Morgan fingerprint density at radius 3 is 2.59 bits per heavy atom. The Hall–Kier alpha value is -2.97. The first-order valence-electron chi connectivity index (χ1n) is 6.33. The standard InChI is InChI=1S/C13H15N3O6/c14-13(20)10(4-5-12(18)19)15-11(17)7-8-2-1-3-9(6-8)16(21)22/h1-3,6,10H,4-5,7H2,(H2,14,20)(H,15,17)(H,18,19)/t10-/m0/s1. The molecule has 0 spiro atoms.